The molecule has 2 rings (SSSR count). The topological polar surface area (TPSA) is 35.5 Å². The Hall–Kier alpha value is -2.00. The predicted octanol–water partition coefficient (Wildman–Crippen LogP) is 3.73. The Kier molecular flexibility index (Phi) is 4.64. The fourth-order valence-electron chi connectivity index (χ4n) is 1.99. The molecule has 0 bridgehead atoms. The smallest absolute Gasteiger partial charge is 0.309 e. The van der Waals surface area contributed by atoms with Crippen molar-refractivity contribution in [3.63, 3.8) is 0 Å². The number of carbonyl (C=O) groups excluding carboxylic acids is 1. The molecule has 0 heterocycles. The second-order valence-electron chi connectivity index (χ2n) is 4.30. The second-order valence-corrected chi connectivity index (χ2v) is 4.73. The Bertz CT molecular complexity index is 623. The molecule has 0 saturated carbocycles. The van der Waals surface area contributed by atoms with Gasteiger partial charge in [-0.25, -0.2) is 0 Å². The van der Waals surface area contributed by atoms with E-state index >= 15 is 0 Å². The van der Waals surface area contributed by atoms with Crippen molar-refractivity contribution in [3.05, 3.63) is 53.1 Å². The Labute approximate surface area is 123 Å². The van der Waals surface area contributed by atoms with Crippen LogP contribution in [0.2, 0.25) is 5.02 Å². The Morgan fingerprint density at radius 3 is 2.65 bits per heavy atom. The molecular formula is C16H15ClO3. The molecule has 3 nitrogen and oxygen atoms in total. The van der Waals surface area contributed by atoms with Crippen LogP contribution in [0.25, 0.3) is 11.1 Å². The van der Waals surface area contributed by atoms with Crippen molar-refractivity contribution in [2.75, 3.05) is 14.2 Å². The third-order valence-electron chi connectivity index (χ3n) is 2.98. The summed E-state index contributed by atoms with van der Waals surface area (Å²) >= 11 is 5.96. The lowest BCUT2D eigenvalue weighted by Gasteiger charge is -2.10. The molecular weight excluding hydrogens is 276 g/mol. The molecule has 0 radical (unpaired) electrons. The molecule has 0 unspecified atom stereocenters. The summed E-state index contributed by atoms with van der Waals surface area (Å²) in [5.74, 6) is 0.443. The van der Waals surface area contributed by atoms with Gasteiger partial charge in [0.15, 0.2) is 0 Å². The zero-order valence-electron chi connectivity index (χ0n) is 11.4. The maximum absolute atomic E-state index is 11.3. The van der Waals surface area contributed by atoms with E-state index in [4.69, 9.17) is 16.3 Å². The Morgan fingerprint density at radius 2 is 1.95 bits per heavy atom. The maximum atomic E-state index is 11.3. The molecule has 0 aliphatic carbocycles. The highest BCUT2D eigenvalue weighted by atomic mass is 35.5. The van der Waals surface area contributed by atoms with Gasteiger partial charge in [0.25, 0.3) is 0 Å². The minimum absolute atomic E-state index is 0.250. The molecule has 0 aliphatic heterocycles. The molecule has 2 aromatic rings. The fourth-order valence-corrected chi connectivity index (χ4v) is 2.15. The lowest BCUT2D eigenvalue weighted by Crippen LogP contribution is -2.04. The van der Waals surface area contributed by atoms with Crippen LogP contribution >= 0.6 is 11.6 Å². The summed E-state index contributed by atoms with van der Waals surface area (Å²) in [6, 6.07) is 13.2. The summed E-state index contributed by atoms with van der Waals surface area (Å²) in [5.41, 5.74) is 2.80. The molecule has 4 heteroatoms. The van der Waals surface area contributed by atoms with Gasteiger partial charge in [-0.05, 0) is 29.3 Å². The lowest BCUT2D eigenvalue weighted by atomic mass is 10.0. The average molecular weight is 291 g/mol. The molecule has 2 aromatic carbocycles. The van der Waals surface area contributed by atoms with Crippen molar-refractivity contribution in [2.24, 2.45) is 0 Å². The molecule has 0 aliphatic rings. The van der Waals surface area contributed by atoms with Crippen LogP contribution < -0.4 is 4.74 Å². The highest BCUT2D eigenvalue weighted by Crippen LogP contribution is 2.32. The van der Waals surface area contributed by atoms with E-state index in [9.17, 15) is 4.79 Å². The monoisotopic (exact) mass is 290 g/mol. The van der Waals surface area contributed by atoms with Gasteiger partial charge in [0.2, 0.25) is 0 Å². The van der Waals surface area contributed by atoms with Crippen molar-refractivity contribution >= 4 is 17.6 Å². The number of hydrogen-bond donors (Lipinski definition) is 0. The molecule has 0 spiro atoms. The van der Waals surface area contributed by atoms with Crippen molar-refractivity contribution in [1.82, 2.24) is 0 Å². The summed E-state index contributed by atoms with van der Waals surface area (Å²) in [6.07, 6.45) is 0.250. The second kappa shape index (κ2) is 6.44. The highest BCUT2D eigenvalue weighted by Gasteiger charge is 2.09. The van der Waals surface area contributed by atoms with Crippen molar-refractivity contribution in [2.45, 2.75) is 6.42 Å². The first kappa shape index (κ1) is 14.4. The van der Waals surface area contributed by atoms with E-state index in [1.54, 1.807) is 13.2 Å². The van der Waals surface area contributed by atoms with E-state index in [1.165, 1.54) is 7.11 Å². The predicted molar refractivity (Wildman–Crippen MR) is 79.2 cm³/mol. The number of esters is 1. The first-order chi connectivity index (χ1) is 9.63. The van der Waals surface area contributed by atoms with Gasteiger partial charge >= 0.3 is 5.97 Å². The molecule has 0 N–H and O–H groups in total. The summed E-state index contributed by atoms with van der Waals surface area (Å²) in [5, 5.41) is 0.622. The van der Waals surface area contributed by atoms with Crippen LogP contribution in [0.3, 0.4) is 0 Å². The van der Waals surface area contributed by atoms with Gasteiger partial charge in [-0.1, -0.05) is 35.9 Å². The summed E-state index contributed by atoms with van der Waals surface area (Å²) in [4.78, 5) is 11.3. The van der Waals surface area contributed by atoms with E-state index in [1.807, 2.05) is 36.4 Å². The zero-order chi connectivity index (χ0) is 14.5. The third kappa shape index (κ3) is 3.31. The maximum Gasteiger partial charge on any atom is 0.309 e. The van der Waals surface area contributed by atoms with E-state index in [-0.39, 0.29) is 12.4 Å². The van der Waals surface area contributed by atoms with Crippen LogP contribution in [0.4, 0.5) is 0 Å². The average Bonchev–Trinajstić information content (AvgIpc) is 2.47. The van der Waals surface area contributed by atoms with Crippen LogP contribution in [-0.4, -0.2) is 20.2 Å². The number of ether oxygens (including phenoxy) is 2. The SMILES string of the molecule is COC(=O)Cc1cccc(-c2ccc(Cl)cc2OC)c1. The molecule has 104 valence electrons. The number of methoxy groups -OCH3 is 2. The normalized spacial score (nSPS) is 10.2. The highest BCUT2D eigenvalue weighted by molar-refractivity contribution is 6.30. The number of halogens is 1. The van der Waals surface area contributed by atoms with Gasteiger partial charge in [-0.3, -0.25) is 4.79 Å². The number of carbonyl (C=O) groups is 1. The first-order valence-corrected chi connectivity index (χ1v) is 6.51. The summed E-state index contributed by atoms with van der Waals surface area (Å²) in [7, 11) is 2.99. The van der Waals surface area contributed by atoms with Crippen molar-refractivity contribution < 1.29 is 14.3 Å². The fraction of sp³-hybridized carbons (Fsp3) is 0.188. The van der Waals surface area contributed by atoms with Gasteiger partial charge in [0.1, 0.15) is 5.75 Å². The Morgan fingerprint density at radius 1 is 1.15 bits per heavy atom. The minimum Gasteiger partial charge on any atom is -0.496 e. The molecule has 0 fully saturated rings. The molecule has 20 heavy (non-hydrogen) atoms. The summed E-state index contributed by atoms with van der Waals surface area (Å²) < 4.78 is 10.0. The van der Waals surface area contributed by atoms with Gasteiger partial charge in [-0.2, -0.15) is 0 Å². The molecule has 0 atom stereocenters. The van der Waals surface area contributed by atoms with Crippen molar-refractivity contribution in [3.8, 4) is 16.9 Å². The van der Waals surface area contributed by atoms with E-state index < -0.39 is 0 Å². The van der Waals surface area contributed by atoms with Crippen LogP contribution in [-0.2, 0) is 16.0 Å². The van der Waals surface area contributed by atoms with Gasteiger partial charge < -0.3 is 9.47 Å². The molecule has 0 amide bonds. The third-order valence-corrected chi connectivity index (χ3v) is 3.21. The van der Waals surface area contributed by atoms with Crippen LogP contribution in [0, 0.1) is 0 Å². The molecule has 0 saturated heterocycles. The number of rotatable bonds is 4. The lowest BCUT2D eigenvalue weighted by molar-refractivity contribution is -0.139. The summed E-state index contributed by atoms with van der Waals surface area (Å²) in [6.45, 7) is 0. The van der Waals surface area contributed by atoms with E-state index in [0.717, 1.165) is 16.7 Å². The Balaban J connectivity index is 2.38. The van der Waals surface area contributed by atoms with Crippen LogP contribution in [0.1, 0.15) is 5.56 Å². The van der Waals surface area contributed by atoms with E-state index in [0.29, 0.717) is 10.8 Å². The van der Waals surface area contributed by atoms with Crippen molar-refractivity contribution in [1.29, 1.82) is 0 Å². The van der Waals surface area contributed by atoms with Gasteiger partial charge in [0.05, 0.1) is 20.6 Å². The van der Waals surface area contributed by atoms with Crippen LogP contribution in [0.15, 0.2) is 42.5 Å². The standard InChI is InChI=1S/C16H15ClO3/c1-19-15-10-13(17)6-7-14(15)12-5-3-4-11(8-12)9-16(18)20-2/h3-8,10H,9H2,1-2H3. The van der Waals surface area contributed by atoms with Crippen LogP contribution in [0.5, 0.6) is 5.75 Å². The zero-order valence-corrected chi connectivity index (χ0v) is 12.1. The quantitative estimate of drug-likeness (QED) is 0.805. The van der Waals surface area contributed by atoms with E-state index in [2.05, 4.69) is 4.74 Å². The number of benzene rings is 2. The van der Waals surface area contributed by atoms with Gasteiger partial charge in [0, 0.05) is 10.6 Å². The van der Waals surface area contributed by atoms with Gasteiger partial charge in [-0.15, -0.1) is 0 Å². The minimum atomic E-state index is -0.259. The molecule has 0 aromatic heterocycles. The largest absolute Gasteiger partial charge is 0.496 e. The number of hydrogen-bond acceptors (Lipinski definition) is 3. The first-order valence-electron chi connectivity index (χ1n) is 6.13.